The summed E-state index contributed by atoms with van der Waals surface area (Å²) >= 11 is 0. The maximum Gasteiger partial charge on any atom is 0.169 e. The maximum absolute atomic E-state index is 5.31. The maximum atomic E-state index is 5.31. The highest BCUT2D eigenvalue weighted by Crippen LogP contribution is 2.29. The van der Waals surface area contributed by atoms with Crippen LogP contribution in [0.15, 0.2) is 27.9 Å². The fraction of sp³-hybridized carbons (Fsp3) is 0.333. The Balaban J connectivity index is 2.05. The topological polar surface area (TPSA) is 66.1 Å². The molecule has 2 rings (SSSR count). The summed E-state index contributed by atoms with van der Waals surface area (Å²) in [6.07, 6.45) is 1.58. The van der Waals surface area contributed by atoms with E-state index in [2.05, 4.69) is 10.3 Å². The van der Waals surface area contributed by atoms with Gasteiger partial charge in [0.2, 0.25) is 0 Å². The summed E-state index contributed by atoms with van der Waals surface area (Å²) in [7, 11) is 3.17. The number of oxime groups is 1. The minimum atomic E-state index is 0.309. The Morgan fingerprint density at radius 2 is 2.05 bits per heavy atom. The van der Waals surface area contributed by atoms with Crippen LogP contribution >= 0.6 is 0 Å². The van der Waals surface area contributed by atoms with Crippen molar-refractivity contribution in [2.24, 2.45) is 5.16 Å². The number of benzene rings is 1. The molecule has 1 aromatic heterocycles. The van der Waals surface area contributed by atoms with Gasteiger partial charge in [0.1, 0.15) is 12.4 Å². The van der Waals surface area contributed by atoms with E-state index in [1.54, 1.807) is 20.4 Å². The van der Waals surface area contributed by atoms with E-state index in [0.717, 1.165) is 22.6 Å². The molecule has 0 fully saturated rings. The van der Waals surface area contributed by atoms with E-state index in [4.69, 9.17) is 18.8 Å². The number of aromatic nitrogens is 1. The molecule has 0 radical (unpaired) electrons. The molecule has 1 aromatic carbocycles. The van der Waals surface area contributed by atoms with Gasteiger partial charge in [0.25, 0.3) is 0 Å². The molecule has 0 bridgehead atoms. The number of aryl methyl sites for hydroxylation is 2. The summed E-state index contributed by atoms with van der Waals surface area (Å²) < 4.78 is 15.6. The highest BCUT2D eigenvalue weighted by atomic mass is 16.6. The fourth-order valence-corrected chi connectivity index (χ4v) is 1.92. The third-order valence-corrected chi connectivity index (χ3v) is 3.09. The van der Waals surface area contributed by atoms with E-state index in [-0.39, 0.29) is 0 Å². The largest absolute Gasteiger partial charge is 0.493 e. The summed E-state index contributed by atoms with van der Waals surface area (Å²) in [5.41, 5.74) is 2.49. The normalized spacial score (nSPS) is 10.9. The lowest BCUT2D eigenvalue weighted by molar-refractivity contribution is 0.130. The van der Waals surface area contributed by atoms with Gasteiger partial charge < -0.3 is 18.8 Å². The Labute approximate surface area is 123 Å². The van der Waals surface area contributed by atoms with E-state index in [0.29, 0.717) is 18.1 Å². The standard InChI is InChI=1S/C15H18N2O4/c1-10-13(11(2)21-17-10)9-20-16-8-12-6-5-7-14(18-3)15(12)19-4/h5-8H,9H2,1-4H3/b16-8+. The van der Waals surface area contributed by atoms with Gasteiger partial charge in [-0.1, -0.05) is 16.4 Å². The lowest BCUT2D eigenvalue weighted by Gasteiger charge is -2.09. The Bertz CT molecular complexity index is 615. The van der Waals surface area contributed by atoms with Crippen molar-refractivity contribution in [2.75, 3.05) is 14.2 Å². The van der Waals surface area contributed by atoms with Gasteiger partial charge in [0.15, 0.2) is 11.5 Å². The van der Waals surface area contributed by atoms with E-state index < -0.39 is 0 Å². The second-order valence-electron chi connectivity index (χ2n) is 4.39. The highest BCUT2D eigenvalue weighted by molar-refractivity contribution is 5.84. The number of nitrogens with zero attached hydrogens (tertiary/aromatic N) is 2. The zero-order chi connectivity index (χ0) is 15.2. The van der Waals surface area contributed by atoms with Gasteiger partial charge in [-0.25, -0.2) is 0 Å². The van der Waals surface area contributed by atoms with E-state index >= 15 is 0 Å². The molecule has 0 aliphatic rings. The molecule has 0 unspecified atom stereocenters. The fourth-order valence-electron chi connectivity index (χ4n) is 1.92. The van der Waals surface area contributed by atoms with E-state index in [1.165, 1.54) is 0 Å². The van der Waals surface area contributed by atoms with Crippen LogP contribution < -0.4 is 9.47 Å². The molecule has 2 aromatic rings. The van der Waals surface area contributed by atoms with Gasteiger partial charge in [-0.2, -0.15) is 0 Å². The van der Waals surface area contributed by atoms with Crippen molar-refractivity contribution < 1.29 is 18.8 Å². The first-order chi connectivity index (χ1) is 10.2. The van der Waals surface area contributed by atoms with Crippen molar-refractivity contribution in [1.82, 2.24) is 5.16 Å². The minimum absolute atomic E-state index is 0.309. The molecule has 1 heterocycles. The van der Waals surface area contributed by atoms with Gasteiger partial charge in [0, 0.05) is 5.56 Å². The average Bonchev–Trinajstić information content (AvgIpc) is 2.82. The molecule has 0 atom stereocenters. The lowest BCUT2D eigenvalue weighted by Crippen LogP contribution is -1.96. The zero-order valence-electron chi connectivity index (χ0n) is 12.5. The van der Waals surface area contributed by atoms with Crippen molar-refractivity contribution in [1.29, 1.82) is 0 Å². The Hall–Kier alpha value is -2.50. The van der Waals surface area contributed by atoms with Crippen LogP contribution in [-0.2, 0) is 11.4 Å². The van der Waals surface area contributed by atoms with Crippen molar-refractivity contribution in [3.63, 3.8) is 0 Å². The quantitative estimate of drug-likeness (QED) is 0.604. The SMILES string of the molecule is COc1cccc(/C=N/OCc2c(C)noc2C)c1OC. The first kappa shape index (κ1) is 14.9. The predicted octanol–water partition coefficient (Wildman–Crippen LogP) is 2.86. The predicted molar refractivity (Wildman–Crippen MR) is 77.9 cm³/mol. The average molecular weight is 290 g/mol. The van der Waals surface area contributed by atoms with Crippen LogP contribution in [-0.4, -0.2) is 25.6 Å². The third-order valence-electron chi connectivity index (χ3n) is 3.09. The second-order valence-corrected chi connectivity index (χ2v) is 4.39. The van der Waals surface area contributed by atoms with Crippen LogP contribution in [0.1, 0.15) is 22.6 Å². The Kier molecular flexibility index (Phi) is 4.81. The molecule has 0 amide bonds. The van der Waals surface area contributed by atoms with Crippen LogP contribution in [0.25, 0.3) is 0 Å². The van der Waals surface area contributed by atoms with Gasteiger partial charge >= 0.3 is 0 Å². The summed E-state index contributed by atoms with van der Waals surface area (Å²) in [6, 6.07) is 5.54. The Morgan fingerprint density at radius 1 is 1.24 bits per heavy atom. The van der Waals surface area contributed by atoms with Crippen LogP contribution in [0.2, 0.25) is 0 Å². The third kappa shape index (κ3) is 3.34. The van der Waals surface area contributed by atoms with Crippen LogP contribution in [0.3, 0.4) is 0 Å². The Morgan fingerprint density at radius 3 is 2.67 bits per heavy atom. The van der Waals surface area contributed by atoms with Gasteiger partial charge in [-0.05, 0) is 26.0 Å². The number of ether oxygens (including phenoxy) is 2. The molecule has 21 heavy (non-hydrogen) atoms. The number of rotatable bonds is 6. The van der Waals surface area contributed by atoms with E-state index in [1.807, 2.05) is 32.0 Å². The summed E-state index contributed by atoms with van der Waals surface area (Å²) in [5, 5.41) is 7.81. The van der Waals surface area contributed by atoms with Gasteiger partial charge in [0.05, 0.1) is 31.7 Å². The molecule has 6 heteroatoms. The molecule has 0 aliphatic heterocycles. The van der Waals surface area contributed by atoms with E-state index in [9.17, 15) is 0 Å². The number of hydrogen-bond donors (Lipinski definition) is 0. The first-order valence-corrected chi connectivity index (χ1v) is 6.45. The van der Waals surface area contributed by atoms with Crippen molar-refractivity contribution in [3.8, 4) is 11.5 Å². The van der Waals surface area contributed by atoms with Crippen LogP contribution in [0.5, 0.6) is 11.5 Å². The summed E-state index contributed by atoms with van der Waals surface area (Å²) in [6.45, 7) is 4.02. The van der Waals surface area contributed by atoms with Crippen molar-refractivity contribution in [2.45, 2.75) is 20.5 Å². The monoisotopic (exact) mass is 290 g/mol. The smallest absolute Gasteiger partial charge is 0.169 e. The molecule has 0 saturated carbocycles. The highest BCUT2D eigenvalue weighted by Gasteiger charge is 2.09. The minimum Gasteiger partial charge on any atom is -0.493 e. The van der Waals surface area contributed by atoms with Crippen LogP contribution in [0.4, 0.5) is 0 Å². The second kappa shape index (κ2) is 6.78. The number of para-hydroxylation sites is 1. The first-order valence-electron chi connectivity index (χ1n) is 6.45. The molecule has 6 nitrogen and oxygen atoms in total. The molecule has 112 valence electrons. The number of hydrogen-bond acceptors (Lipinski definition) is 6. The van der Waals surface area contributed by atoms with Crippen LogP contribution in [0, 0.1) is 13.8 Å². The van der Waals surface area contributed by atoms with Gasteiger partial charge in [-0.3, -0.25) is 0 Å². The molecular weight excluding hydrogens is 272 g/mol. The molecule has 0 saturated heterocycles. The van der Waals surface area contributed by atoms with Crippen molar-refractivity contribution >= 4 is 6.21 Å². The molecule has 0 N–H and O–H groups in total. The summed E-state index contributed by atoms with van der Waals surface area (Å²) in [4.78, 5) is 5.29. The zero-order valence-corrected chi connectivity index (χ0v) is 12.5. The summed E-state index contributed by atoms with van der Waals surface area (Å²) in [5.74, 6) is 2.00. The lowest BCUT2D eigenvalue weighted by atomic mass is 10.2. The molecule has 0 spiro atoms. The van der Waals surface area contributed by atoms with Gasteiger partial charge in [-0.15, -0.1) is 0 Å². The van der Waals surface area contributed by atoms with Crippen molar-refractivity contribution in [3.05, 3.63) is 40.8 Å². The molecular formula is C15H18N2O4. The number of methoxy groups -OCH3 is 2. The molecule has 0 aliphatic carbocycles.